The Morgan fingerprint density at radius 1 is 1.21 bits per heavy atom. The molecule has 7 heteroatoms. The molecule has 0 atom stereocenters. The number of hydrogen-bond donors (Lipinski definition) is 1. The molecule has 0 radical (unpaired) electrons. The van der Waals surface area contributed by atoms with Crippen LogP contribution in [0.4, 0.5) is 0 Å². The van der Waals surface area contributed by atoms with Crippen molar-refractivity contribution in [3.63, 3.8) is 0 Å². The van der Waals surface area contributed by atoms with Gasteiger partial charge in [-0.2, -0.15) is 0 Å². The van der Waals surface area contributed by atoms with Gasteiger partial charge in [0.15, 0.2) is 5.69 Å². The molecule has 0 bridgehead atoms. The summed E-state index contributed by atoms with van der Waals surface area (Å²) in [7, 11) is 0. The van der Waals surface area contributed by atoms with Crippen LogP contribution in [0.1, 0.15) is 40.5 Å². The van der Waals surface area contributed by atoms with Crippen LogP contribution in [0.15, 0.2) is 57.8 Å². The van der Waals surface area contributed by atoms with E-state index in [1.54, 1.807) is 18.4 Å². The molecule has 0 saturated heterocycles. The van der Waals surface area contributed by atoms with Crippen molar-refractivity contribution in [1.82, 2.24) is 15.2 Å². The maximum Gasteiger partial charge on any atom is 0.273 e. The zero-order chi connectivity index (χ0) is 19.3. The predicted molar refractivity (Wildman–Crippen MR) is 105 cm³/mol. The van der Waals surface area contributed by atoms with Crippen molar-refractivity contribution in [2.24, 2.45) is 5.92 Å². The van der Waals surface area contributed by atoms with Crippen molar-refractivity contribution < 1.29 is 13.6 Å². The van der Waals surface area contributed by atoms with Crippen LogP contribution >= 0.6 is 11.6 Å². The summed E-state index contributed by atoms with van der Waals surface area (Å²) in [4.78, 5) is 18.9. The Hall–Kier alpha value is -2.57. The van der Waals surface area contributed by atoms with Crippen LogP contribution in [0.3, 0.4) is 0 Å². The fourth-order valence-corrected chi connectivity index (χ4v) is 3.31. The third-order valence-corrected chi connectivity index (χ3v) is 4.89. The van der Waals surface area contributed by atoms with Crippen LogP contribution in [0, 0.1) is 5.92 Å². The van der Waals surface area contributed by atoms with Crippen molar-refractivity contribution in [2.75, 3.05) is 6.54 Å². The predicted octanol–water partition coefficient (Wildman–Crippen LogP) is 4.26. The number of oxazole rings is 1. The number of rotatable bonds is 9. The molecule has 1 aliphatic carbocycles. The number of amides is 1. The van der Waals surface area contributed by atoms with E-state index < -0.39 is 0 Å². The standard InChI is InChI=1S/C21H22ClN3O3/c22-17-4-1-3-16(9-17)12-25(11-15-6-7-15)13-20-24-19(14-28-20)21(26)23-10-18-5-2-8-27-18/h1-5,8-9,14-15H,6-7,10-13H2,(H,23,26). The van der Waals surface area contributed by atoms with Gasteiger partial charge in [0.05, 0.1) is 19.4 Å². The van der Waals surface area contributed by atoms with Gasteiger partial charge < -0.3 is 14.2 Å². The van der Waals surface area contributed by atoms with E-state index in [4.69, 9.17) is 20.4 Å². The molecule has 1 aliphatic rings. The number of hydrogen-bond acceptors (Lipinski definition) is 5. The summed E-state index contributed by atoms with van der Waals surface area (Å²) in [5, 5.41) is 3.50. The van der Waals surface area contributed by atoms with Crippen LogP contribution in [-0.2, 0) is 19.6 Å². The van der Waals surface area contributed by atoms with Gasteiger partial charge in [-0.25, -0.2) is 4.98 Å². The summed E-state index contributed by atoms with van der Waals surface area (Å²) in [6, 6.07) is 11.5. The Kier molecular flexibility index (Phi) is 5.78. The quantitative estimate of drug-likeness (QED) is 0.582. The third kappa shape index (κ3) is 5.24. The van der Waals surface area contributed by atoms with Crippen molar-refractivity contribution in [1.29, 1.82) is 0 Å². The first kappa shape index (κ1) is 18.8. The molecule has 0 spiro atoms. The van der Waals surface area contributed by atoms with Crippen LogP contribution in [0.25, 0.3) is 0 Å². The van der Waals surface area contributed by atoms with E-state index in [2.05, 4.69) is 21.3 Å². The van der Waals surface area contributed by atoms with Gasteiger partial charge in [-0.05, 0) is 48.6 Å². The molecule has 1 N–H and O–H groups in total. The number of nitrogens with zero attached hydrogens (tertiary/aromatic N) is 2. The fourth-order valence-electron chi connectivity index (χ4n) is 3.09. The Labute approximate surface area is 168 Å². The Morgan fingerprint density at radius 3 is 2.86 bits per heavy atom. The minimum Gasteiger partial charge on any atom is -0.467 e. The fraction of sp³-hybridized carbons (Fsp3) is 0.333. The third-order valence-electron chi connectivity index (χ3n) is 4.66. The number of halogens is 1. The normalized spacial score (nSPS) is 13.8. The van der Waals surface area contributed by atoms with E-state index >= 15 is 0 Å². The van der Waals surface area contributed by atoms with Gasteiger partial charge in [0, 0.05) is 18.1 Å². The molecule has 1 saturated carbocycles. The van der Waals surface area contributed by atoms with Gasteiger partial charge in [-0.1, -0.05) is 23.7 Å². The summed E-state index contributed by atoms with van der Waals surface area (Å²) in [5.41, 5.74) is 1.42. The molecule has 28 heavy (non-hydrogen) atoms. The highest BCUT2D eigenvalue weighted by atomic mass is 35.5. The second-order valence-corrected chi connectivity index (χ2v) is 7.57. The second kappa shape index (κ2) is 8.63. The van der Waals surface area contributed by atoms with Gasteiger partial charge in [0.2, 0.25) is 5.89 Å². The first-order valence-corrected chi connectivity index (χ1v) is 9.75. The SMILES string of the molecule is O=C(NCc1ccco1)c1coc(CN(Cc2cccc(Cl)c2)CC2CC2)n1. The Balaban J connectivity index is 1.37. The zero-order valence-corrected chi connectivity index (χ0v) is 16.2. The Bertz CT molecular complexity index is 919. The van der Waals surface area contributed by atoms with Crippen LogP contribution in [0.2, 0.25) is 5.02 Å². The lowest BCUT2D eigenvalue weighted by Crippen LogP contribution is -2.26. The minimum atomic E-state index is -0.282. The zero-order valence-electron chi connectivity index (χ0n) is 15.4. The molecule has 4 rings (SSSR count). The number of benzene rings is 1. The number of carbonyl (C=O) groups is 1. The largest absolute Gasteiger partial charge is 0.467 e. The second-order valence-electron chi connectivity index (χ2n) is 7.13. The summed E-state index contributed by atoms with van der Waals surface area (Å²) in [5.74, 6) is 1.67. The average Bonchev–Trinajstić information content (AvgIpc) is 3.15. The van der Waals surface area contributed by atoms with E-state index in [-0.39, 0.29) is 11.6 Å². The molecule has 6 nitrogen and oxygen atoms in total. The highest BCUT2D eigenvalue weighted by molar-refractivity contribution is 6.30. The molecule has 0 unspecified atom stereocenters. The maximum atomic E-state index is 12.3. The molecule has 146 valence electrons. The number of aromatic nitrogens is 1. The van der Waals surface area contributed by atoms with Gasteiger partial charge >= 0.3 is 0 Å². The van der Waals surface area contributed by atoms with Gasteiger partial charge in [-0.15, -0.1) is 0 Å². The molecule has 1 amide bonds. The van der Waals surface area contributed by atoms with Gasteiger partial charge in [0.25, 0.3) is 5.91 Å². The lowest BCUT2D eigenvalue weighted by atomic mass is 10.2. The molecular weight excluding hydrogens is 378 g/mol. The van der Waals surface area contributed by atoms with Crippen molar-refractivity contribution in [2.45, 2.75) is 32.5 Å². The average molecular weight is 400 g/mol. The smallest absolute Gasteiger partial charge is 0.273 e. The molecule has 0 aliphatic heterocycles. The van der Waals surface area contributed by atoms with Crippen molar-refractivity contribution >= 4 is 17.5 Å². The molecule has 2 heterocycles. The highest BCUT2D eigenvalue weighted by Crippen LogP contribution is 2.30. The minimum absolute atomic E-state index is 0.274. The van der Waals surface area contributed by atoms with E-state index in [0.29, 0.717) is 24.7 Å². The summed E-state index contributed by atoms with van der Waals surface area (Å²) in [6.07, 6.45) is 5.50. The number of nitrogens with one attached hydrogen (secondary N) is 1. The monoisotopic (exact) mass is 399 g/mol. The molecule has 3 aromatic rings. The summed E-state index contributed by atoms with van der Waals surface area (Å²) >= 11 is 6.11. The number of carbonyl (C=O) groups excluding carboxylic acids is 1. The molecule has 2 aromatic heterocycles. The van der Waals surface area contributed by atoms with Gasteiger partial charge in [0.1, 0.15) is 12.0 Å². The topological polar surface area (TPSA) is 71.5 Å². The van der Waals surface area contributed by atoms with E-state index in [1.165, 1.54) is 19.1 Å². The van der Waals surface area contributed by atoms with Crippen LogP contribution < -0.4 is 5.32 Å². The van der Waals surface area contributed by atoms with E-state index in [9.17, 15) is 4.79 Å². The summed E-state index contributed by atoms with van der Waals surface area (Å²) in [6.45, 7) is 2.61. The highest BCUT2D eigenvalue weighted by Gasteiger charge is 2.25. The first-order valence-electron chi connectivity index (χ1n) is 9.37. The van der Waals surface area contributed by atoms with Crippen molar-refractivity contribution in [3.8, 4) is 0 Å². The van der Waals surface area contributed by atoms with Crippen LogP contribution in [0.5, 0.6) is 0 Å². The van der Waals surface area contributed by atoms with Crippen LogP contribution in [-0.4, -0.2) is 22.3 Å². The summed E-state index contributed by atoms with van der Waals surface area (Å²) < 4.78 is 10.8. The molecular formula is C21H22ClN3O3. The Morgan fingerprint density at radius 2 is 2.11 bits per heavy atom. The number of furan rings is 1. The van der Waals surface area contributed by atoms with Gasteiger partial charge in [-0.3, -0.25) is 9.69 Å². The molecule has 1 aromatic carbocycles. The van der Waals surface area contributed by atoms with E-state index in [0.717, 1.165) is 29.6 Å². The van der Waals surface area contributed by atoms with E-state index in [1.807, 2.05) is 18.2 Å². The lowest BCUT2D eigenvalue weighted by Gasteiger charge is -2.20. The lowest BCUT2D eigenvalue weighted by molar-refractivity contribution is 0.0943. The molecule has 1 fully saturated rings. The van der Waals surface area contributed by atoms with Crippen molar-refractivity contribution in [3.05, 3.63) is 76.9 Å². The maximum absolute atomic E-state index is 12.3. The first-order chi connectivity index (χ1) is 13.7.